The molecule has 2 aromatic rings. The van der Waals surface area contributed by atoms with Gasteiger partial charge in [0.2, 0.25) is 11.8 Å². The summed E-state index contributed by atoms with van der Waals surface area (Å²) in [6.07, 6.45) is 0.587. The Bertz CT molecular complexity index is 904. The molecule has 2 aliphatic heterocycles. The highest BCUT2D eigenvalue weighted by Gasteiger charge is 2.39. The van der Waals surface area contributed by atoms with E-state index in [9.17, 15) is 14.4 Å². The van der Waals surface area contributed by atoms with E-state index in [1.54, 1.807) is 25.3 Å². The Kier molecular flexibility index (Phi) is 4.04. The Balaban J connectivity index is 1.58. The predicted octanol–water partition coefficient (Wildman–Crippen LogP) is 1.25. The lowest BCUT2D eigenvalue weighted by molar-refractivity contribution is -0.136. The molecule has 0 radical (unpaired) electrons. The van der Waals surface area contributed by atoms with Crippen LogP contribution in [-0.2, 0) is 27.5 Å². The molecule has 1 atom stereocenters. The molecule has 4 rings (SSSR count). The van der Waals surface area contributed by atoms with Crippen LogP contribution < -0.4 is 5.32 Å². The van der Waals surface area contributed by atoms with Gasteiger partial charge in [-0.1, -0.05) is 11.2 Å². The Morgan fingerprint density at radius 3 is 2.92 bits per heavy atom. The average molecular weight is 355 g/mol. The summed E-state index contributed by atoms with van der Waals surface area (Å²) in [5.74, 6) is -0.288. The van der Waals surface area contributed by atoms with E-state index in [1.807, 2.05) is 6.07 Å². The highest BCUT2D eigenvalue weighted by Crippen LogP contribution is 2.31. The van der Waals surface area contributed by atoms with Crippen LogP contribution in [0.4, 0.5) is 0 Å². The number of carbonyl (C=O) groups is 3. The van der Waals surface area contributed by atoms with Crippen LogP contribution in [0, 0.1) is 0 Å². The molecule has 0 bridgehead atoms. The van der Waals surface area contributed by atoms with Crippen LogP contribution in [0.2, 0.25) is 0 Å². The van der Waals surface area contributed by atoms with Crippen molar-refractivity contribution in [3.8, 4) is 11.3 Å². The molecule has 1 aromatic heterocycles. The molecule has 1 fully saturated rings. The van der Waals surface area contributed by atoms with Gasteiger partial charge in [0.1, 0.15) is 18.3 Å². The number of ether oxygens (including phenoxy) is 1. The van der Waals surface area contributed by atoms with Crippen molar-refractivity contribution in [3.63, 3.8) is 0 Å². The standard InChI is InChI=1S/C18H17N3O5/c1-25-9-12-7-14(20-26-12)10-2-3-13-11(6-10)8-21(18(13)24)15-4-5-16(22)19-17(15)23/h2-3,6-7,15H,4-5,8-9H2,1H3,(H,19,22,23). The number of imide groups is 1. The lowest BCUT2D eigenvalue weighted by atomic mass is 10.0. The number of hydrogen-bond acceptors (Lipinski definition) is 6. The van der Waals surface area contributed by atoms with Gasteiger partial charge in [-0.05, 0) is 24.1 Å². The first-order valence-electron chi connectivity index (χ1n) is 8.29. The third-order valence-electron chi connectivity index (χ3n) is 4.66. The van der Waals surface area contributed by atoms with Gasteiger partial charge in [-0.2, -0.15) is 0 Å². The zero-order chi connectivity index (χ0) is 18.3. The van der Waals surface area contributed by atoms with Gasteiger partial charge < -0.3 is 14.2 Å². The van der Waals surface area contributed by atoms with Crippen molar-refractivity contribution in [3.05, 3.63) is 41.2 Å². The third-order valence-corrected chi connectivity index (χ3v) is 4.66. The van der Waals surface area contributed by atoms with E-state index in [2.05, 4.69) is 10.5 Å². The monoisotopic (exact) mass is 355 g/mol. The molecule has 2 aliphatic rings. The number of nitrogens with zero attached hydrogens (tertiary/aromatic N) is 2. The molecule has 1 saturated heterocycles. The number of aromatic nitrogens is 1. The number of carbonyl (C=O) groups excluding carboxylic acids is 3. The quantitative estimate of drug-likeness (QED) is 0.828. The van der Waals surface area contributed by atoms with E-state index in [-0.39, 0.29) is 18.2 Å². The highest BCUT2D eigenvalue weighted by molar-refractivity contribution is 6.05. The smallest absolute Gasteiger partial charge is 0.255 e. The van der Waals surface area contributed by atoms with Crippen molar-refractivity contribution in [1.82, 2.24) is 15.4 Å². The van der Waals surface area contributed by atoms with E-state index in [4.69, 9.17) is 9.26 Å². The molecule has 0 saturated carbocycles. The predicted molar refractivity (Wildman–Crippen MR) is 88.7 cm³/mol. The van der Waals surface area contributed by atoms with E-state index in [0.717, 1.165) is 11.1 Å². The Hall–Kier alpha value is -3.00. The minimum atomic E-state index is -0.614. The molecule has 0 spiro atoms. The summed E-state index contributed by atoms with van der Waals surface area (Å²) in [7, 11) is 1.58. The van der Waals surface area contributed by atoms with Gasteiger partial charge in [0.25, 0.3) is 5.91 Å². The second kappa shape index (κ2) is 6.38. The molecule has 1 N–H and O–H groups in total. The van der Waals surface area contributed by atoms with Gasteiger partial charge in [0.15, 0.2) is 5.76 Å². The number of methoxy groups -OCH3 is 1. The fraction of sp³-hybridized carbons (Fsp3) is 0.333. The second-order valence-electron chi connectivity index (χ2n) is 6.38. The zero-order valence-electron chi connectivity index (χ0n) is 14.2. The second-order valence-corrected chi connectivity index (χ2v) is 6.38. The van der Waals surface area contributed by atoms with Crippen LogP contribution in [0.3, 0.4) is 0 Å². The molecular formula is C18H17N3O5. The van der Waals surface area contributed by atoms with Gasteiger partial charge >= 0.3 is 0 Å². The number of rotatable bonds is 4. The van der Waals surface area contributed by atoms with E-state index in [1.165, 1.54) is 4.90 Å². The summed E-state index contributed by atoms with van der Waals surface area (Å²) in [5, 5.41) is 6.32. The van der Waals surface area contributed by atoms with E-state index in [0.29, 0.717) is 36.6 Å². The fourth-order valence-corrected chi connectivity index (χ4v) is 3.39. The molecule has 3 heterocycles. The number of nitrogens with one attached hydrogen (secondary N) is 1. The van der Waals surface area contributed by atoms with Crippen molar-refractivity contribution < 1.29 is 23.6 Å². The maximum atomic E-state index is 12.7. The maximum Gasteiger partial charge on any atom is 0.255 e. The summed E-state index contributed by atoms with van der Waals surface area (Å²) in [6, 6.07) is 6.60. The summed E-state index contributed by atoms with van der Waals surface area (Å²) >= 11 is 0. The number of amides is 3. The molecular weight excluding hydrogens is 338 g/mol. The largest absolute Gasteiger partial charge is 0.377 e. The van der Waals surface area contributed by atoms with Crippen molar-refractivity contribution in [1.29, 1.82) is 0 Å². The van der Waals surface area contributed by atoms with Gasteiger partial charge in [-0.3, -0.25) is 19.7 Å². The first-order valence-corrected chi connectivity index (χ1v) is 8.29. The molecule has 1 aromatic carbocycles. The topological polar surface area (TPSA) is 102 Å². The fourth-order valence-electron chi connectivity index (χ4n) is 3.39. The summed E-state index contributed by atoms with van der Waals surface area (Å²) in [6.45, 7) is 0.663. The molecule has 134 valence electrons. The SMILES string of the molecule is COCc1cc(-c2ccc3c(c2)CN(C2CCC(=O)NC2=O)C3=O)no1. The minimum Gasteiger partial charge on any atom is -0.377 e. The summed E-state index contributed by atoms with van der Waals surface area (Å²) < 4.78 is 10.2. The third kappa shape index (κ3) is 2.78. The van der Waals surface area contributed by atoms with E-state index < -0.39 is 11.9 Å². The molecule has 3 amide bonds. The molecule has 26 heavy (non-hydrogen) atoms. The van der Waals surface area contributed by atoms with Crippen LogP contribution in [0.5, 0.6) is 0 Å². The van der Waals surface area contributed by atoms with Crippen molar-refractivity contribution >= 4 is 17.7 Å². The van der Waals surface area contributed by atoms with Gasteiger partial charge in [-0.25, -0.2) is 0 Å². The number of fused-ring (bicyclic) bond motifs is 1. The lowest BCUT2D eigenvalue weighted by Gasteiger charge is -2.29. The molecule has 8 nitrogen and oxygen atoms in total. The zero-order valence-corrected chi connectivity index (χ0v) is 14.2. The minimum absolute atomic E-state index is 0.193. The first kappa shape index (κ1) is 16.5. The Morgan fingerprint density at radius 1 is 1.31 bits per heavy atom. The maximum absolute atomic E-state index is 12.7. The van der Waals surface area contributed by atoms with Crippen LogP contribution in [0.1, 0.15) is 34.5 Å². The first-order chi connectivity index (χ1) is 12.6. The summed E-state index contributed by atoms with van der Waals surface area (Å²) in [4.78, 5) is 37.6. The highest BCUT2D eigenvalue weighted by atomic mass is 16.5. The van der Waals surface area contributed by atoms with Gasteiger partial charge in [-0.15, -0.1) is 0 Å². The molecule has 8 heteroatoms. The van der Waals surface area contributed by atoms with Crippen LogP contribution >= 0.6 is 0 Å². The van der Waals surface area contributed by atoms with Crippen molar-refractivity contribution in [2.45, 2.75) is 32.0 Å². The van der Waals surface area contributed by atoms with Crippen LogP contribution in [0.25, 0.3) is 11.3 Å². The van der Waals surface area contributed by atoms with Crippen molar-refractivity contribution in [2.75, 3.05) is 7.11 Å². The normalized spacial score (nSPS) is 19.7. The van der Waals surface area contributed by atoms with Crippen LogP contribution in [0.15, 0.2) is 28.8 Å². The molecule has 0 aliphatic carbocycles. The lowest BCUT2D eigenvalue weighted by Crippen LogP contribution is -2.52. The average Bonchev–Trinajstić information content (AvgIpc) is 3.20. The van der Waals surface area contributed by atoms with E-state index >= 15 is 0 Å². The van der Waals surface area contributed by atoms with Gasteiger partial charge in [0, 0.05) is 37.3 Å². The van der Waals surface area contributed by atoms with Gasteiger partial charge in [0.05, 0.1) is 0 Å². The molecule has 1 unspecified atom stereocenters. The number of benzene rings is 1. The Labute approximate surface area is 149 Å². The summed E-state index contributed by atoms with van der Waals surface area (Å²) in [5.41, 5.74) is 2.88. The number of hydrogen-bond donors (Lipinski definition) is 1. The van der Waals surface area contributed by atoms with Crippen LogP contribution in [-0.4, -0.2) is 40.9 Å². The Morgan fingerprint density at radius 2 is 2.15 bits per heavy atom. The van der Waals surface area contributed by atoms with Crippen molar-refractivity contribution in [2.24, 2.45) is 0 Å². The number of piperidine rings is 1.